The Morgan fingerprint density at radius 1 is 1.35 bits per heavy atom. The number of aryl methyl sites for hydroxylation is 1. The molecule has 2 heterocycles. The van der Waals surface area contributed by atoms with E-state index in [0.29, 0.717) is 11.0 Å². The smallest absolute Gasteiger partial charge is 0.253 e. The highest BCUT2D eigenvalue weighted by Crippen LogP contribution is 2.37. The summed E-state index contributed by atoms with van der Waals surface area (Å²) in [5, 5.41) is 10.8. The number of allylic oxidation sites excluding steroid dienone is 2. The molecule has 6 nitrogen and oxygen atoms in total. The Labute approximate surface area is 134 Å². The summed E-state index contributed by atoms with van der Waals surface area (Å²) in [7, 11) is 0. The highest BCUT2D eigenvalue weighted by Gasteiger charge is 2.29. The maximum atomic E-state index is 11.9. The van der Waals surface area contributed by atoms with Crippen LogP contribution >= 0.6 is 0 Å². The summed E-state index contributed by atoms with van der Waals surface area (Å²) >= 11 is 0. The van der Waals surface area contributed by atoms with Gasteiger partial charge in [0.1, 0.15) is 11.5 Å². The van der Waals surface area contributed by atoms with Crippen LogP contribution in [-0.2, 0) is 0 Å². The van der Waals surface area contributed by atoms with Crippen LogP contribution in [0.3, 0.4) is 0 Å². The van der Waals surface area contributed by atoms with Gasteiger partial charge in [-0.05, 0) is 31.6 Å². The van der Waals surface area contributed by atoms with Crippen molar-refractivity contribution in [3.63, 3.8) is 0 Å². The third-order valence-corrected chi connectivity index (χ3v) is 4.37. The molecule has 3 rings (SSSR count). The summed E-state index contributed by atoms with van der Waals surface area (Å²) < 4.78 is 1.75. The standard InChI is InChI=1S/C17H20N4O2/c1-8-4-7-12(22)10(3)14(8)21-15(18)13(16(19)23)11-6-5-9(2)20-17(11)21/h4-7,10,12,22H,18H2,1-3H3,(H2,19,23)/t10-,12-/m1/s1. The van der Waals surface area contributed by atoms with Gasteiger partial charge < -0.3 is 16.6 Å². The van der Waals surface area contributed by atoms with Crippen molar-refractivity contribution in [2.45, 2.75) is 26.9 Å². The molecule has 23 heavy (non-hydrogen) atoms. The normalized spacial score (nSPS) is 21.2. The Morgan fingerprint density at radius 2 is 2.04 bits per heavy atom. The first-order chi connectivity index (χ1) is 10.8. The van der Waals surface area contributed by atoms with Crippen LogP contribution in [0.25, 0.3) is 16.7 Å². The van der Waals surface area contributed by atoms with Gasteiger partial charge in [-0.2, -0.15) is 0 Å². The van der Waals surface area contributed by atoms with Crippen LogP contribution in [-0.4, -0.2) is 26.7 Å². The molecule has 2 atom stereocenters. The van der Waals surface area contributed by atoms with Crippen molar-refractivity contribution in [2.75, 3.05) is 5.73 Å². The second-order valence-electron chi connectivity index (χ2n) is 5.99. The number of hydrogen-bond donors (Lipinski definition) is 3. The predicted molar refractivity (Wildman–Crippen MR) is 90.6 cm³/mol. The van der Waals surface area contributed by atoms with Crippen LogP contribution < -0.4 is 11.5 Å². The van der Waals surface area contributed by atoms with Gasteiger partial charge in [0, 0.05) is 22.7 Å². The van der Waals surface area contributed by atoms with E-state index in [0.717, 1.165) is 17.0 Å². The zero-order chi connectivity index (χ0) is 16.9. The second-order valence-corrected chi connectivity index (χ2v) is 5.99. The van der Waals surface area contributed by atoms with Crippen molar-refractivity contribution in [1.82, 2.24) is 9.55 Å². The van der Waals surface area contributed by atoms with Gasteiger partial charge in [-0.3, -0.25) is 9.36 Å². The van der Waals surface area contributed by atoms with E-state index in [2.05, 4.69) is 4.98 Å². The SMILES string of the molecule is CC1=C(n2c(N)c(C(N)=O)c3ccc(C)nc32)[C@H](C)[C@H](O)C=C1. The first-order valence-electron chi connectivity index (χ1n) is 7.47. The maximum absolute atomic E-state index is 11.9. The lowest BCUT2D eigenvalue weighted by molar-refractivity contribution is 0.100. The van der Waals surface area contributed by atoms with Crippen LogP contribution in [0.1, 0.15) is 29.9 Å². The molecule has 0 aromatic carbocycles. The zero-order valence-electron chi connectivity index (χ0n) is 13.4. The molecule has 120 valence electrons. The fraction of sp³-hybridized carbons (Fsp3) is 0.294. The summed E-state index contributed by atoms with van der Waals surface area (Å²) in [6.07, 6.45) is 2.98. The maximum Gasteiger partial charge on any atom is 0.253 e. The molecular weight excluding hydrogens is 292 g/mol. The molecule has 1 amide bonds. The minimum absolute atomic E-state index is 0.180. The van der Waals surface area contributed by atoms with Crippen LogP contribution in [0, 0.1) is 12.8 Å². The largest absolute Gasteiger partial charge is 0.388 e. The molecule has 0 radical (unpaired) electrons. The van der Waals surface area contributed by atoms with E-state index in [1.807, 2.05) is 32.9 Å². The lowest BCUT2D eigenvalue weighted by Crippen LogP contribution is -2.24. The molecule has 0 bridgehead atoms. The number of aromatic nitrogens is 2. The summed E-state index contributed by atoms with van der Waals surface area (Å²) in [6.45, 7) is 5.73. The molecule has 6 heteroatoms. The molecule has 0 unspecified atom stereocenters. The predicted octanol–water partition coefficient (Wildman–Crippen LogP) is 1.82. The van der Waals surface area contributed by atoms with Gasteiger partial charge in [-0.1, -0.05) is 19.1 Å². The van der Waals surface area contributed by atoms with Crippen LogP contribution in [0.15, 0.2) is 29.9 Å². The number of anilines is 1. The molecule has 0 saturated heterocycles. The quantitative estimate of drug-likeness (QED) is 0.786. The molecule has 2 aromatic rings. The van der Waals surface area contributed by atoms with Crippen molar-refractivity contribution in [2.24, 2.45) is 11.7 Å². The second kappa shape index (κ2) is 5.24. The average molecular weight is 312 g/mol. The lowest BCUT2D eigenvalue weighted by Gasteiger charge is -2.27. The first-order valence-corrected chi connectivity index (χ1v) is 7.47. The minimum atomic E-state index is -0.618. The Hall–Kier alpha value is -2.60. The summed E-state index contributed by atoms with van der Waals surface area (Å²) in [6, 6.07) is 3.62. The molecule has 0 spiro atoms. The third-order valence-electron chi connectivity index (χ3n) is 4.37. The highest BCUT2D eigenvalue weighted by molar-refractivity contribution is 6.11. The molecular formula is C17H20N4O2. The van der Waals surface area contributed by atoms with Gasteiger partial charge in [0.15, 0.2) is 0 Å². The number of nitrogens with zero attached hydrogens (tertiary/aromatic N) is 2. The number of nitrogen functional groups attached to an aromatic ring is 1. The molecule has 0 aliphatic heterocycles. The van der Waals surface area contributed by atoms with Crippen molar-refractivity contribution in [3.05, 3.63) is 41.1 Å². The number of rotatable bonds is 2. The van der Waals surface area contributed by atoms with Crippen molar-refractivity contribution in [3.8, 4) is 0 Å². The Kier molecular flexibility index (Phi) is 3.49. The van der Waals surface area contributed by atoms with Crippen molar-refractivity contribution < 1.29 is 9.90 Å². The summed E-state index contributed by atoms with van der Waals surface area (Å²) in [5.41, 5.74) is 15.2. The average Bonchev–Trinajstić information content (AvgIpc) is 2.76. The number of pyridine rings is 1. The summed E-state index contributed by atoms with van der Waals surface area (Å²) in [5.74, 6) is -0.509. The van der Waals surface area contributed by atoms with E-state index in [1.54, 1.807) is 16.7 Å². The number of carbonyl (C=O) groups excluding carboxylic acids is 1. The van der Waals surface area contributed by atoms with Crippen LogP contribution in [0.4, 0.5) is 5.82 Å². The van der Waals surface area contributed by atoms with E-state index >= 15 is 0 Å². The zero-order valence-corrected chi connectivity index (χ0v) is 13.4. The number of amides is 1. The number of aliphatic hydroxyl groups excluding tert-OH is 1. The van der Waals surface area contributed by atoms with Crippen LogP contribution in [0.2, 0.25) is 0 Å². The van der Waals surface area contributed by atoms with Crippen molar-refractivity contribution >= 4 is 28.5 Å². The third kappa shape index (κ3) is 2.22. The fourth-order valence-corrected chi connectivity index (χ4v) is 3.17. The topological polar surface area (TPSA) is 107 Å². The van der Waals surface area contributed by atoms with Gasteiger partial charge in [0.05, 0.1) is 11.7 Å². The summed E-state index contributed by atoms with van der Waals surface area (Å²) in [4.78, 5) is 16.4. The van der Waals surface area contributed by atoms with E-state index in [4.69, 9.17) is 11.5 Å². The lowest BCUT2D eigenvalue weighted by atomic mass is 9.91. The number of nitrogens with two attached hydrogens (primary N) is 2. The van der Waals surface area contributed by atoms with Gasteiger partial charge in [-0.25, -0.2) is 4.98 Å². The van der Waals surface area contributed by atoms with Gasteiger partial charge in [0.25, 0.3) is 5.91 Å². The Morgan fingerprint density at radius 3 is 2.70 bits per heavy atom. The van der Waals surface area contributed by atoms with Gasteiger partial charge >= 0.3 is 0 Å². The molecule has 5 N–H and O–H groups in total. The van der Waals surface area contributed by atoms with E-state index < -0.39 is 12.0 Å². The highest BCUT2D eigenvalue weighted by atomic mass is 16.3. The molecule has 1 aliphatic rings. The number of fused-ring (bicyclic) bond motifs is 1. The Balaban J connectivity index is 2.42. The Bertz CT molecular complexity index is 876. The number of carbonyl (C=O) groups is 1. The molecule has 0 fully saturated rings. The minimum Gasteiger partial charge on any atom is -0.388 e. The monoisotopic (exact) mass is 312 g/mol. The number of hydrogen-bond acceptors (Lipinski definition) is 4. The van der Waals surface area contributed by atoms with E-state index in [1.165, 1.54) is 0 Å². The van der Waals surface area contributed by atoms with Crippen LogP contribution in [0.5, 0.6) is 0 Å². The van der Waals surface area contributed by atoms with E-state index in [-0.39, 0.29) is 17.3 Å². The van der Waals surface area contributed by atoms with Gasteiger partial charge in [0.2, 0.25) is 0 Å². The first kappa shape index (κ1) is 15.3. The van der Waals surface area contributed by atoms with E-state index in [9.17, 15) is 9.90 Å². The number of primary amides is 1. The molecule has 0 saturated carbocycles. The van der Waals surface area contributed by atoms with Gasteiger partial charge in [-0.15, -0.1) is 0 Å². The van der Waals surface area contributed by atoms with Crippen molar-refractivity contribution in [1.29, 1.82) is 0 Å². The number of aliphatic hydroxyl groups is 1. The fourth-order valence-electron chi connectivity index (χ4n) is 3.17. The molecule has 1 aliphatic carbocycles. The molecule has 2 aromatic heterocycles.